The molecule has 0 radical (unpaired) electrons. The van der Waals surface area contributed by atoms with Crippen molar-refractivity contribution in [3.63, 3.8) is 0 Å². The summed E-state index contributed by atoms with van der Waals surface area (Å²) in [6, 6.07) is 26.8. The number of hydrogen-bond donors (Lipinski definition) is 1. The Labute approximate surface area is 181 Å². The average Bonchev–Trinajstić information content (AvgIpc) is 3.24. The summed E-state index contributed by atoms with van der Waals surface area (Å²) in [4.78, 5) is 6.09. The van der Waals surface area contributed by atoms with Crippen molar-refractivity contribution in [3.8, 4) is 33.2 Å². The molecular weight excluding hydrogens is 392 g/mol. The van der Waals surface area contributed by atoms with Crippen LogP contribution in [0.5, 0.6) is 11.5 Å². The number of anilines is 1. The molecule has 4 rings (SSSR count). The van der Waals surface area contributed by atoms with Gasteiger partial charge in [0, 0.05) is 12.1 Å². The van der Waals surface area contributed by atoms with Gasteiger partial charge in [0.1, 0.15) is 0 Å². The highest BCUT2D eigenvalue weighted by Gasteiger charge is 2.14. The monoisotopic (exact) mass is 416 g/mol. The van der Waals surface area contributed by atoms with E-state index < -0.39 is 0 Å². The Bertz CT molecular complexity index is 1040. The van der Waals surface area contributed by atoms with E-state index >= 15 is 0 Å². The van der Waals surface area contributed by atoms with E-state index in [1.807, 2.05) is 36.4 Å². The van der Waals surface area contributed by atoms with Crippen molar-refractivity contribution < 1.29 is 9.47 Å². The topological polar surface area (TPSA) is 43.4 Å². The molecule has 152 valence electrons. The zero-order valence-corrected chi connectivity index (χ0v) is 17.9. The van der Waals surface area contributed by atoms with Crippen molar-refractivity contribution in [3.05, 3.63) is 84.4 Å². The zero-order chi connectivity index (χ0) is 20.8. The van der Waals surface area contributed by atoms with Crippen LogP contribution in [0.1, 0.15) is 5.56 Å². The van der Waals surface area contributed by atoms with E-state index in [1.165, 1.54) is 16.0 Å². The van der Waals surface area contributed by atoms with E-state index in [0.717, 1.165) is 40.9 Å². The van der Waals surface area contributed by atoms with E-state index in [1.54, 1.807) is 25.6 Å². The second-order valence-corrected chi connectivity index (χ2v) is 7.79. The SMILES string of the molecule is COc1ccc(CCNc2nc(-c3ccccc3)c(-c3ccccc3)s2)cc1OC. The van der Waals surface area contributed by atoms with Crippen LogP contribution in [-0.2, 0) is 6.42 Å². The summed E-state index contributed by atoms with van der Waals surface area (Å²) in [5.41, 5.74) is 4.51. The van der Waals surface area contributed by atoms with Gasteiger partial charge in [0.05, 0.1) is 24.8 Å². The second kappa shape index (κ2) is 9.46. The van der Waals surface area contributed by atoms with Gasteiger partial charge in [-0.3, -0.25) is 0 Å². The number of ether oxygens (including phenoxy) is 2. The number of aromatic nitrogens is 1. The number of nitrogens with zero attached hydrogens (tertiary/aromatic N) is 1. The smallest absolute Gasteiger partial charge is 0.183 e. The van der Waals surface area contributed by atoms with Crippen molar-refractivity contribution >= 4 is 16.5 Å². The van der Waals surface area contributed by atoms with Crippen LogP contribution in [0.4, 0.5) is 5.13 Å². The minimum absolute atomic E-state index is 0.745. The third kappa shape index (κ3) is 4.47. The van der Waals surface area contributed by atoms with Crippen LogP contribution in [-0.4, -0.2) is 25.7 Å². The maximum absolute atomic E-state index is 5.40. The molecule has 0 aliphatic carbocycles. The molecule has 0 unspecified atom stereocenters. The molecule has 0 saturated carbocycles. The fourth-order valence-corrected chi connectivity index (χ4v) is 4.34. The fourth-order valence-electron chi connectivity index (χ4n) is 3.32. The lowest BCUT2D eigenvalue weighted by Gasteiger charge is -2.09. The third-order valence-corrected chi connectivity index (χ3v) is 5.91. The minimum atomic E-state index is 0.745. The Morgan fingerprint density at radius 2 is 1.47 bits per heavy atom. The number of rotatable bonds is 8. The molecule has 3 aromatic carbocycles. The van der Waals surface area contributed by atoms with E-state index in [-0.39, 0.29) is 0 Å². The maximum atomic E-state index is 5.40. The fraction of sp³-hybridized carbons (Fsp3) is 0.160. The van der Waals surface area contributed by atoms with Gasteiger partial charge in [-0.25, -0.2) is 4.98 Å². The molecule has 4 nitrogen and oxygen atoms in total. The first-order valence-corrected chi connectivity index (χ1v) is 10.7. The van der Waals surface area contributed by atoms with Gasteiger partial charge in [0.15, 0.2) is 16.6 Å². The lowest BCUT2D eigenvalue weighted by Crippen LogP contribution is -2.05. The third-order valence-electron chi connectivity index (χ3n) is 4.85. The van der Waals surface area contributed by atoms with E-state index in [4.69, 9.17) is 14.5 Å². The Kier molecular flexibility index (Phi) is 6.30. The first-order valence-electron chi connectivity index (χ1n) is 9.85. The average molecular weight is 417 g/mol. The summed E-state index contributed by atoms with van der Waals surface area (Å²) in [5, 5.41) is 4.42. The standard InChI is InChI=1S/C25H24N2O2S/c1-28-21-14-13-18(17-22(21)29-2)15-16-26-25-27-23(19-9-5-3-6-10-19)24(30-25)20-11-7-4-8-12-20/h3-14,17H,15-16H2,1-2H3,(H,26,27). The molecule has 0 aliphatic rings. The Balaban J connectivity index is 1.53. The van der Waals surface area contributed by atoms with Crippen molar-refractivity contribution in [1.29, 1.82) is 0 Å². The highest BCUT2D eigenvalue weighted by atomic mass is 32.1. The van der Waals surface area contributed by atoms with Gasteiger partial charge >= 0.3 is 0 Å². The highest BCUT2D eigenvalue weighted by molar-refractivity contribution is 7.19. The van der Waals surface area contributed by atoms with Gasteiger partial charge < -0.3 is 14.8 Å². The normalized spacial score (nSPS) is 10.6. The molecule has 1 N–H and O–H groups in total. The number of methoxy groups -OCH3 is 2. The van der Waals surface area contributed by atoms with Gasteiger partial charge in [-0.15, -0.1) is 0 Å². The van der Waals surface area contributed by atoms with Crippen LogP contribution < -0.4 is 14.8 Å². The van der Waals surface area contributed by atoms with E-state index in [0.29, 0.717) is 0 Å². The zero-order valence-electron chi connectivity index (χ0n) is 17.1. The molecule has 0 spiro atoms. The number of thiazole rings is 1. The molecule has 0 fully saturated rings. The number of benzene rings is 3. The highest BCUT2D eigenvalue weighted by Crippen LogP contribution is 2.38. The van der Waals surface area contributed by atoms with Gasteiger partial charge in [0.2, 0.25) is 0 Å². The van der Waals surface area contributed by atoms with Gasteiger partial charge in [-0.2, -0.15) is 0 Å². The molecular formula is C25H24N2O2S. The van der Waals surface area contributed by atoms with Crippen LogP contribution in [0, 0.1) is 0 Å². The lowest BCUT2D eigenvalue weighted by atomic mass is 10.1. The molecule has 5 heteroatoms. The predicted octanol–water partition coefficient (Wildman–Crippen LogP) is 6.15. The summed E-state index contributed by atoms with van der Waals surface area (Å²) >= 11 is 1.69. The van der Waals surface area contributed by atoms with Gasteiger partial charge in [0.25, 0.3) is 0 Å². The summed E-state index contributed by atoms with van der Waals surface area (Å²) < 4.78 is 10.7. The maximum Gasteiger partial charge on any atom is 0.183 e. The van der Waals surface area contributed by atoms with Crippen molar-refractivity contribution in [1.82, 2.24) is 4.98 Å². The van der Waals surface area contributed by atoms with E-state index in [9.17, 15) is 0 Å². The first kappa shape index (κ1) is 20.0. The molecule has 30 heavy (non-hydrogen) atoms. The molecule has 4 aromatic rings. The van der Waals surface area contributed by atoms with Crippen LogP contribution in [0.3, 0.4) is 0 Å². The molecule has 0 saturated heterocycles. The molecule has 0 amide bonds. The summed E-state index contributed by atoms with van der Waals surface area (Å²) in [5.74, 6) is 1.50. The summed E-state index contributed by atoms with van der Waals surface area (Å²) in [7, 11) is 3.31. The number of hydrogen-bond acceptors (Lipinski definition) is 5. The molecule has 1 aromatic heterocycles. The quantitative estimate of drug-likeness (QED) is 0.374. The second-order valence-electron chi connectivity index (χ2n) is 6.79. The van der Waals surface area contributed by atoms with Crippen molar-refractivity contribution in [2.24, 2.45) is 0 Å². The lowest BCUT2D eigenvalue weighted by molar-refractivity contribution is 0.354. The van der Waals surface area contributed by atoms with Crippen molar-refractivity contribution in [2.75, 3.05) is 26.1 Å². The minimum Gasteiger partial charge on any atom is -0.493 e. The number of nitrogens with one attached hydrogen (secondary N) is 1. The molecule has 0 atom stereocenters. The van der Waals surface area contributed by atoms with E-state index in [2.05, 4.69) is 47.8 Å². The van der Waals surface area contributed by atoms with Gasteiger partial charge in [-0.05, 0) is 29.7 Å². The Morgan fingerprint density at radius 1 is 0.800 bits per heavy atom. The van der Waals surface area contributed by atoms with Gasteiger partial charge in [-0.1, -0.05) is 78.1 Å². The van der Waals surface area contributed by atoms with Crippen LogP contribution in [0.15, 0.2) is 78.9 Å². The molecule has 1 heterocycles. The first-order chi connectivity index (χ1) is 14.8. The largest absolute Gasteiger partial charge is 0.493 e. The summed E-state index contributed by atoms with van der Waals surface area (Å²) in [6.45, 7) is 0.783. The Morgan fingerprint density at radius 3 is 2.13 bits per heavy atom. The van der Waals surface area contributed by atoms with Crippen LogP contribution >= 0.6 is 11.3 Å². The molecule has 0 bridgehead atoms. The Hall–Kier alpha value is -3.31. The van der Waals surface area contributed by atoms with Crippen LogP contribution in [0.25, 0.3) is 21.7 Å². The van der Waals surface area contributed by atoms with Crippen molar-refractivity contribution in [2.45, 2.75) is 6.42 Å². The predicted molar refractivity (Wildman–Crippen MR) is 125 cm³/mol. The molecule has 0 aliphatic heterocycles. The van der Waals surface area contributed by atoms with Crippen LogP contribution in [0.2, 0.25) is 0 Å². The summed E-state index contributed by atoms with van der Waals surface area (Å²) in [6.07, 6.45) is 0.862.